The second-order valence-electron chi connectivity index (χ2n) is 6.52. The van der Waals surface area contributed by atoms with Crippen molar-refractivity contribution in [1.29, 1.82) is 0 Å². The number of carbonyl (C=O) groups is 1. The minimum Gasteiger partial charge on any atom is -0.482 e. The van der Waals surface area contributed by atoms with Crippen molar-refractivity contribution in [1.82, 2.24) is 5.43 Å². The molecule has 10 heteroatoms. The fourth-order valence-electron chi connectivity index (χ4n) is 2.82. The van der Waals surface area contributed by atoms with E-state index in [1.54, 1.807) is 38.1 Å². The lowest BCUT2D eigenvalue weighted by molar-refractivity contribution is -0.145. The minimum atomic E-state index is -1.68. The number of ether oxygens (including phenoxy) is 3. The summed E-state index contributed by atoms with van der Waals surface area (Å²) in [5.74, 6) is -1.54. The highest BCUT2D eigenvalue weighted by atomic mass is 35.5. The molecule has 160 valence electrons. The lowest BCUT2D eigenvalue weighted by atomic mass is 10.2. The Morgan fingerprint density at radius 3 is 2.73 bits per heavy atom. The Morgan fingerprint density at radius 2 is 2.07 bits per heavy atom. The Bertz CT molecular complexity index is 983. The van der Waals surface area contributed by atoms with E-state index in [1.165, 1.54) is 18.0 Å². The highest BCUT2D eigenvalue weighted by Crippen LogP contribution is 2.38. The molecule has 0 amide bonds. The van der Waals surface area contributed by atoms with Gasteiger partial charge in [0.15, 0.2) is 6.61 Å². The van der Waals surface area contributed by atoms with Crippen LogP contribution >= 0.6 is 11.6 Å². The van der Waals surface area contributed by atoms with Gasteiger partial charge in [-0.2, -0.15) is 0 Å². The summed E-state index contributed by atoms with van der Waals surface area (Å²) in [5, 5.41) is 11.6. The SMILES string of the molecule is CCOC(=O)COc1cccc(Oc2cc(N3NC(C)=NC3(C)O)c(F)cc2Cl)c1. The largest absolute Gasteiger partial charge is 0.482 e. The molecule has 1 atom stereocenters. The van der Waals surface area contributed by atoms with Crippen LogP contribution in [0.5, 0.6) is 17.2 Å². The van der Waals surface area contributed by atoms with E-state index in [-0.39, 0.29) is 29.7 Å². The lowest BCUT2D eigenvalue weighted by Gasteiger charge is -2.29. The second kappa shape index (κ2) is 8.76. The van der Waals surface area contributed by atoms with Crippen molar-refractivity contribution >= 4 is 29.1 Å². The number of amidine groups is 1. The molecule has 0 saturated heterocycles. The zero-order valence-corrected chi connectivity index (χ0v) is 17.4. The Balaban J connectivity index is 1.80. The molecule has 0 spiro atoms. The highest BCUT2D eigenvalue weighted by molar-refractivity contribution is 6.32. The molecule has 0 radical (unpaired) electrons. The second-order valence-corrected chi connectivity index (χ2v) is 6.93. The quantitative estimate of drug-likeness (QED) is 0.639. The van der Waals surface area contributed by atoms with Crippen LogP contribution in [-0.2, 0) is 9.53 Å². The Kier molecular flexibility index (Phi) is 6.33. The molecule has 1 aliphatic rings. The number of hydrogen-bond acceptors (Lipinski definition) is 8. The maximum absolute atomic E-state index is 14.5. The van der Waals surface area contributed by atoms with Gasteiger partial charge in [-0.3, -0.25) is 5.43 Å². The number of hydrogen-bond donors (Lipinski definition) is 2. The average Bonchev–Trinajstić information content (AvgIpc) is 2.95. The van der Waals surface area contributed by atoms with Gasteiger partial charge in [-0.05, 0) is 32.0 Å². The van der Waals surface area contributed by atoms with E-state index in [0.29, 0.717) is 17.3 Å². The van der Waals surface area contributed by atoms with Crippen molar-refractivity contribution in [3.05, 3.63) is 47.2 Å². The summed E-state index contributed by atoms with van der Waals surface area (Å²) in [6.07, 6.45) is 0. The molecule has 0 bridgehead atoms. The number of hydrazine groups is 1. The molecule has 0 saturated carbocycles. The lowest BCUT2D eigenvalue weighted by Crippen LogP contribution is -2.48. The maximum Gasteiger partial charge on any atom is 0.344 e. The van der Waals surface area contributed by atoms with Crippen LogP contribution in [0.15, 0.2) is 41.4 Å². The van der Waals surface area contributed by atoms with Crippen molar-refractivity contribution in [3.8, 4) is 17.2 Å². The molecule has 2 aromatic carbocycles. The van der Waals surface area contributed by atoms with Crippen LogP contribution in [0.1, 0.15) is 20.8 Å². The number of anilines is 1. The number of rotatable bonds is 7. The van der Waals surface area contributed by atoms with E-state index < -0.39 is 17.6 Å². The van der Waals surface area contributed by atoms with Crippen molar-refractivity contribution in [2.45, 2.75) is 26.6 Å². The van der Waals surface area contributed by atoms with E-state index in [9.17, 15) is 14.3 Å². The Hall–Kier alpha value is -3.04. The van der Waals surface area contributed by atoms with E-state index >= 15 is 0 Å². The zero-order valence-electron chi connectivity index (χ0n) is 16.6. The van der Waals surface area contributed by atoms with Gasteiger partial charge < -0.3 is 19.3 Å². The fourth-order valence-corrected chi connectivity index (χ4v) is 3.01. The molecular weight excluding hydrogens is 417 g/mol. The standard InChI is InChI=1S/C20H21ClFN3O5/c1-4-28-19(26)11-29-13-6-5-7-14(8-13)30-18-10-17(16(22)9-15(18)21)25-20(3,27)23-12(2)24-25/h5-10,27H,4,11H2,1-3H3,(H,23,24). The number of benzene rings is 2. The van der Waals surface area contributed by atoms with E-state index in [2.05, 4.69) is 10.4 Å². The summed E-state index contributed by atoms with van der Waals surface area (Å²) in [7, 11) is 0. The van der Waals surface area contributed by atoms with Crippen LogP contribution in [0.4, 0.5) is 10.1 Å². The van der Waals surface area contributed by atoms with Crippen LogP contribution in [0.25, 0.3) is 0 Å². The zero-order chi connectivity index (χ0) is 21.9. The van der Waals surface area contributed by atoms with Gasteiger partial charge in [0, 0.05) is 19.1 Å². The third kappa shape index (κ3) is 4.92. The topological polar surface area (TPSA) is 92.6 Å². The molecule has 8 nitrogen and oxygen atoms in total. The van der Waals surface area contributed by atoms with Gasteiger partial charge in [0.1, 0.15) is 34.6 Å². The number of esters is 1. The van der Waals surface area contributed by atoms with Gasteiger partial charge in [0.2, 0.25) is 0 Å². The van der Waals surface area contributed by atoms with Gasteiger partial charge in [0.25, 0.3) is 5.85 Å². The van der Waals surface area contributed by atoms with Crippen LogP contribution in [0, 0.1) is 5.82 Å². The molecule has 2 aromatic rings. The first-order chi connectivity index (χ1) is 14.2. The third-order valence-electron chi connectivity index (χ3n) is 4.01. The van der Waals surface area contributed by atoms with E-state index in [1.807, 2.05) is 0 Å². The van der Waals surface area contributed by atoms with Crippen LogP contribution in [-0.4, -0.2) is 36.0 Å². The van der Waals surface area contributed by atoms with Crippen LogP contribution < -0.4 is 19.9 Å². The Labute approximate surface area is 177 Å². The number of halogens is 2. The van der Waals surface area contributed by atoms with Gasteiger partial charge in [-0.25, -0.2) is 19.2 Å². The molecule has 1 heterocycles. The van der Waals surface area contributed by atoms with Crippen molar-refractivity contribution < 1.29 is 28.5 Å². The highest BCUT2D eigenvalue weighted by Gasteiger charge is 2.36. The molecule has 1 unspecified atom stereocenters. The van der Waals surface area contributed by atoms with Gasteiger partial charge in [-0.1, -0.05) is 17.7 Å². The van der Waals surface area contributed by atoms with Crippen LogP contribution in [0.3, 0.4) is 0 Å². The van der Waals surface area contributed by atoms with Crippen molar-refractivity contribution in [3.63, 3.8) is 0 Å². The number of aliphatic imine (C=N–C) groups is 1. The normalized spacial score (nSPS) is 17.9. The molecule has 30 heavy (non-hydrogen) atoms. The summed E-state index contributed by atoms with van der Waals surface area (Å²) in [6, 6.07) is 8.94. The molecule has 0 aliphatic carbocycles. The van der Waals surface area contributed by atoms with Crippen molar-refractivity contribution in [2.24, 2.45) is 4.99 Å². The smallest absolute Gasteiger partial charge is 0.344 e. The maximum atomic E-state index is 14.5. The molecule has 0 fully saturated rings. The van der Waals surface area contributed by atoms with Gasteiger partial charge >= 0.3 is 5.97 Å². The molecular formula is C20H21ClFN3O5. The van der Waals surface area contributed by atoms with E-state index in [4.69, 9.17) is 25.8 Å². The number of carbonyl (C=O) groups excluding carboxylic acids is 1. The summed E-state index contributed by atoms with van der Waals surface area (Å²) in [5.41, 5.74) is 2.78. The number of nitrogens with one attached hydrogen (secondary N) is 1. The summed E-state index contributed by atoms with van der Waals surface area (Å²) in [6.45, 7) is 4.78. The first-order valence-electron chi connectivity index (χ1n) is 9.10. The summed E-state index contributed by atoms with van der Waals surface area (Å²) < 4.78 is 30.5. The first-order valence-corrected chi connectivity index (χ1v) is 9.48. The fraction of sp³-hybridized carbons (Fsp3) is 0.300. The minimum absolute atomic E-state index is 0.00489. The van der Waals surface area contributed by atoms with Crippen molar-refractivity contribution in [2.75, 3.05) is 18.2 Å². The van der Waals surface area contributed by atoms with Gasteiger partial charge in [-0.15, -0.1) is 0 Å². The predicted molar refractivity (Wildman–Crippen MR) is 109 cm³/mol. The summed E-state index contributed by atoms with van der Waals surface area (Å²) >= 11 is 6.15. The molecule has 1 aliphatic heterocycles. The van der Waals surface area contributed by atoms with Gasteiger partial charge in [0.05, 0.1) is 11.6 Å². The third-order valence-corrected chi connectivity index (χ3v) is 4.31. The molecule has 3 rings (SSSR count). The monoisotopic (exact) mass is 437 g/mol. The number of nitrogens with zero attached hydrogens (tertiary/aromatic N) is 2. The Morgan fingerprint density at radius 1 is 1.33 bits per heavy atom. The van der Waals surface area contributed by atoms with Crippen LogP contribution in [0.2, 0.25) is 5.02 Å². The van der Waals surface area contributed by atoms with E-state index in [0.717, 1.165) is 6.07 Å². The molecule has 0 aromatic heterocycles. The molecule has 2 N–H and O–H groups in total. The predicted octanol–water partition coefficient (Wildman–Crippen LogP) is 3.62. The average molecular weight is 438 g/mol. The number of aliphatic hydroxyl groups is 1. The first kappa shape index (κ1) is 21.7. The summed E-state index contributed by atoms with van der Waals surface area (Å²) in [4.78, 5) is 15.4.